The lowest BCUT2D eigenvalue weighted by molar-refractivity contribution is -0.131. The highest BCUT2D eigenvalue weighted by molar-refractivity contribution is 5.91. The van der Waals surface area contributed by atoms with Gasteiger partial charge in [0, 0.05) is 6.92 Å². The number of hydrogen-bond acceptors (Lipinski definition) is 3. The first-order valence-corrected chi connectivity index (χ1v) is 7.89. The van der Waals surface area contributed by atoms with Crippen molar-refractivity contribution in [1.29, 1.82) is 0 Å². The molecule has 1 rings (SSSR count). The number of primary amides is 1. The summed E-state index contributed by atoms with van der Waals surface area (Å²) in [5.74, 6) is -1.45. The van der Waals surface area contributed by atoms with Gasteiger partial charge < -0.3 is 16.4 Å². The molecule has 6 nitrogen and oxygen atoms in total. The predicted molar refractivity (Wildman–Crippen MR) is 93.7 cm³/mol. The second-order valence-electron chi connectivity index (χ2n) is 5.93. The van der Waals surface area contributed by atoms with Gasteiger partial charge in [-0.1, -0.05) is 56.3 Å². The third-order valence-corrected chi connectivity index (χ3v) is 3.45. The molecule has 0 spiro atoms. The average molecular weight is 331 g/mol. The Balaban J connectivity index is 2.71. The van der Waals surface area contributed by atoms with Crippen LogP contribution in [0.3, 0.4) is 0 Å². The Morgan fingerprint density at radius 3 is 2.25 bits per heavy atom. The van der Waals surface area contributed by atoms with Crippen LogP contribution in [0, 0.1) is 5.92 Å². The molecule has 0 aliphatic carbocycles. The zero-order chi connectivity index (χ0) is 18.1. The molecule has 130 valence electrons. The molecule has 3 amide bonds. The van der Waals surface area contributed by atoms with Crippen molar-refractivity contribution >= 4 is 23.8 Å². The molecular formula is C18H25N3O3. The number of carbonyl (C=O) groups excluding carboxylic acids is 3. The van der Waals surface area contributed by atoms with Crippen LogP contribution < -0.4 is 16.4 Å². The van der Waals surface area contributed by atoms with Crippen molar-refractivity contribution in [3.8, 4) is 0 Å². The topological polar surface area (TPSA) is 101 Å². The molecule has 0 aliphatic rings. The fraction of sp³-hybridized carbons (Fsp3) is 0.389. The predicted octanol–water partition coefficient (Wildman–Crippen LogP) is 1.22. The number of rotatable bonds is 8. The van der Waals surface area contributed by atoms with E-state index in [-0.39, 0.29) is 18.2 Å². The summed E-state index contributed by atoms with van der Waals surface area (Å²) in [5, 5.41) is 5.19. The van der Waals surface area contributed by atoms with Gasteiger partial charge in [-0.25, -0.2) is 0 Å². The van der Waals surface area contributed by atoms with Crippen molar-refractivity contribution in [3.05, 3.63) is 42.0 Å². The van der Waals surface area contributed by atoms with Gasteiger partial charge in [0.1, 0.15) is 12.1 Å². The Hall–Kier alpha value is -2.63. The number of benzene rings is 1. The monoisotopic (exact) mass is 331 g/mol. The van der Waals surface area contributed by atoms with Crippen LogP contribution in [-0.2, 0) is 14.4 Å². The summed E-state index contributed by atoms with van der Waals surface area (Å²) in [7, 11) is 0. The fourth-order valence-electron chi connectivity index (χ4n) is 2.17. The highest BCUT2D eigenvalue weighted by Gasteiger charge is 2.26. The first-order chi connectivity index (χ1) is 11.3. The fourth-order valence-corrected chi connectivity index (χ4v) is 2.17. The molecule has 0 saturated heterocycles. The van der Waals surface area contributed by atoms with Gasteiger partial charge in [-0.3, -0.25) is 14.4 Å². The van der Waals surface area contributed by atoms with Crippen molar-refractivity contribution in [1.82, 2.24) is 10.6 Å². The van der Waals surface area contributed by atoms with E-state index in [2.05, 4.69) is 10.6 Å². The Kier molecular flexibility index (Phi) is 7.68. The lowest BCUT2D eigenvalue weighted by Gasteiger charge is -2.23. The molecule has 0 bridgehead atoms. The molecule has 0 radical (unpaired) electrons. The van der Waals surface area contributed by atoms with E-state index in [1.54, 1.807) is 6.08 Å². The van der Waals surface area contributed by atoms with Gasteiger partial charge in [0.15, 0.2) is 0 Å². The van der Waals surface area contributed by atoms with E-state index >= 15 is 0 Å². The van der Waals surface area contributed by atoms with Crippen LogP contribution in [0.4, 0.5) is 0 Å². The lowest BCUT2D eigenvalue weighted by Crippen LogP contribution is -2.54. The SMILES string of the molecule is CC(=O)N[C@@H](C(=O)N[C@H](C/C=C/c1ccccc1)C(N)=O)C(C)C. The van der Waals surface area contributed by atoms with E-state index in [4.69, 9.17) is 5.73 Å². The molecule has 0 aliphatic heterocycles. The number of hydrogen-bond donors (Lipinski definition) is 3. The standard InChI is InChI=1S/C18H25N3O3/c1-12(2)16(20-13(3)22)18(24)21-15(17(19)23)11-7-10-14-8-5-4-6-9-14/h4-10,12,15-16H,11H2,1-3H3,(H2,19,23)(H,20,22)(H,21,24)/b10-7+/t15-,16-/m1/s1. The van der Waals surface area contributed by atoms with E-state index in [1.807, 2.05) is 50.3 Å². The number of nitrogens with one attached hydrogen (secondary N) is 2. The van der Waals surface area contributed by atoms with Crippen LogP contribution in [0.25, 0.3) is 6.08 Å². The molecule has 2 atom stereocenters. The summed E-state index contributed by atoms with van der Waals surface area (Å²) in [5.41, 5.74) is 6.36. The second-order valence-corrected chi connectivity index (χ2v) is 5.93. The van der Waals surface area contributed by atoms with E-state index < -0.39 is 23.9 Å². The third kappa shape index (κ3) is 6.64. The molecule has 0 fully saturated rings. The summed E-state index contributed by atoms with van der Waals surface area (Å²) in [6, 6.07) is 8.06. The normalized spacial score (nSPS) is 13.5. The van der Waals surface area contributed by atoms with Crippen LogP contribution in [-0.4, -0.2) is 29.8 Å². The Morgan fingerprint density at radius 2 is 1.75 bits per heavy atom. The largest absolute Gasteiger partial charge is 0.368 e. The van der Waals surface area contributed by atoms with Gasteiger partial charge in [0.2, 0.25) is 17.7 Å². The maximum absolute atomic E-state index is 12.3. The van der Waals surface area contributed by atoms with Gasteiger partial charge in [-0.15, -0.1) is 0 Å². The summed E-state index contributed by atoms with van der Waals surface area (Å²) >= 11 is 0. The van der Waals surface area contributed by atoms with Crippen LogP contribution in [0.1, 0.15) is 32.8 Å². The van der Waals surface area contributed by atoms with Crippen LogP contribution in [0.2, 0.25) is 0 Å². The Bertz CT molecular complexity index is 597. The first kappa shape index (κ1) is 19.4. The zero-order valence-electron chi connectivity index (χ0n) is 14.3. The number of amides is 3. The highest BCUT2D eigenvalue weighted by Crippen LogP contribution is 2.06. The summed E-state index contributed by atoms with van der Waals surface area (Å²) in [6.07, 6.45) is 3.92. The highest BCUT2D eigenvalue weighted by atomic mass is 16.2. The second kappa shape index (κ2) is 9.50. The van der Waals surface area contributed by atoms with E-state index in [0.717, 1.165) is 5.56 Å². The number of carbonyl (C=O) groups is 3. The summed E-state index contributed by atoms with van der Waals surface area (Å²) in [4.78, 5) is 35.1. The number of nitrogens with two attached hydrogens (primary N) is 1. The third-order valence-electron chi connectivity index (χ3n) is 3.45. The van der Waals surface area contributed by atoms with Crippen molar-refractivity contribution in [2.45, 2.75) is 39.3 Å². The minimum atomic E-state index is -0.826. The minimum Gasteiger partial charge on any atom is -0.368 e. The smallest absolute Gasteiger partial charge is 0.243 e. The van der Waals surface area contributed by atoms with Gasteiger partial charge in [-0.2, -0.15) is 0 Å². The molecule has 0 unspecified atom stereocenters. The zero-order valence-corrected chi connectivity index (χ0v) is 14.3. The Labute approximate surface area is 142 Å². The maximum atomic E-state index is 12.3. The van der Waals surface area contributed by atoms with E-state index in [0.29, 0.717) is 0 Å². The van der Waals surface area contributed by atoms with Crippen molar-refractivity contribution in [3.63, 3.8) is 0 Å². The van der Waals surface area contributed by atoms with Gasteiger partial charge in [0.05, 0.1) is 0 Å². The molecule has 24 heavy (non-hydrogen) atoms. The van der Waals surface area contributed by atoms with Gasteiger partial charge in [-0.05, 0) is 17.9 Å². The average Bonchev–Trinajstić information content (AvgIpc) is 2.51. The molecule has 1 aromatic rings. The van der Waals surface area contributed by atoms with Crippen LogP contribution in [0.5, 0.6) is 0 Å². The van der Waals surface area contributed by atoms with Gasteiger partial charge >= 0.3 is 0 Å². The molecule has 0 heterocycles. The van der Waals surface area contributed by atoms with Crippen molar-refractivity contribution < 1.29 is 14.4 Å². The first-order valence-electron chi connectivity index (χ1n) is 7.89. The maximum Gasteiger partial charge on any atom is 0.243 e. The molecule has 6 heteroatoms. The molecular weight excluding hydrogens is 306 g/mol. The van der Waals surface area contributed by atoms with Crippen molar-refractivity contribution in [2.24, 2.45) is 11.7 Å². The van der Waals surface area contributed by atoms with Gasteiger partial charge in [0.25, 0.3) is 0 Å². The van der Waals surface area contributed by atoms with E-state index in [1.165, 1.54) is 6.92 Å². The molecule has 0 aromatic heterocycles. The summed E-state index contributed by atoms with van der Waals surface area (Å²) in [6.45, 7) is 4.97. The van der Waals surface area contributed by atoms with E-state index in [9.17, 15) is 14.4 Å². The molecule has 0 saturated carbocycles. The summed E-state index contributed by atoms with van der Waals surface area (Å²) < 4.78 is 0. The quantitative estimate of drug-likeness (QED) is 0.667. The molecule has 4 N–H and O–H groups in total. The Morgan fingerprint density at radius 1 is 1.12 bits per heavy atom. The van der Waals surface area contributed by atoms with Crippen LogP contribution in [0.15, 0.2) is 36.4 Å². The lowest BCUT2D eigenvalue weighted by atomic mass is 10.0. The van der Waals surface area contributed by atoms with Crippen molar-refractivity contribution in [2.75, 3.05) is 0 Å². The minimum absolute atomic E-state index is 0.109. The molecule has 1 aromatic carbocycles. The van der Waals surface area contributed by atoms with Crippen LogP contribution >= 0.6 is 0 Å².